The first-order valence-electron chi connectivity index (χ1n) is 10.0. The van der Waals surface area contributed by atoms with Gasteiger partial charge in [0.25, 0.3) is 0 Å². The molecule has 1 saturated carbocycles. The summed E-state index contributed by atoms with van der Waals surface area (Å²) in [6, 6.07) is 17.6. The lowest BCUT2D eigenvalue weighted by atomic mass is 9.79. The van der Waals surface area contributed by atoms with Crippen molar-refractivity contribution in [3.8, 4) is 0 Å². The maximum Gasteiger partial charge on any atom is 0.240 e. The molecule has 0 heterocycles. The molecule has 2 aromatic rings. The average Bonchev–Trinajstić information content (AvgIpc) is 3.25. The first kappa shape index (κ1) is 24.6. The van der Waals surface area contributed by atoms with Gasteiger partial charge in [-0.15, -0.1) is 24.0 Å². The topological polar surface area (TPSA) is 82.6 Å². The number of nitrogens with zero attached hydrogens (tertiary/aromatic N) is 1. The maximum absolute atomic E-state index is 12.0. The number of aliphatic imine (C=N–C) groups is 1. The summed E-state index contributed by atoms with van der Waals surface area (Å²) in [5, 5.41) is 6.78. The molecule has 2 aromatic carbocycles. The fourth-order valence-corrected chi connectivity index (χ4v) is 4.81. The molecule has 6 nitrogen and oxygen atoms in total. The predicted molar refractivity (Wildman–Crippen MR) is 133 cm³/mol. The summed E-state index contributed by atoms with van der Waals surface area (Å²) < 4.78 is 26.3. The van der Waals surface area contributed by atoms with Gasteiger partial charge in [-0.2, -0.15) is 0 Å². The molecule has 3 N–H and O–H groups in total. The Morgan fingerprint density at radius 2 is 1.73 bits per heavy atom. The summed E-state index contributed by atoms with van der Waals surface area (Å²) >= 11 is 0. The number of rotatable bonds is 7. The van der Waals surface area contributed by atoms with E-state index in [0.29, 0.717) is 12.5 Å². The lowest BCUT2D eigenvalue weighted by molar-refractivity contribution is 0.431. The van der Waals surface area contributed by atoms with Gasteiger partial charge in [0.05, 0.1) is 4.90 Å². The van der Waals surface area contributed by atoms with Crippen LogP contribution in [0.15, 0.2) is 64.5 Å². The highest BCUT2D eigenvalue weighted by Crippen LogP contribution is 2.40. The highest BCUT2D eigenvalue weighted by Gasteiger charge is 2.35. The summed E-state index contributed by atoms with van der Waals surface area (Å²) in [6.45, 7) is 1.32. The molecule has 0 aliphatic heterocycles. The van der Waals surface area contributed by atoms with Crippen molar-refractivity contribution >= 4 is 40.0 Å². The third kappa shape index (κ3) is 5.95. The second-order valence-corrected chi connectivity index (χ2v) is 9.37. The SMILES string of the molecule is CN=C(NCc1cccc(S(=O)(=O)NC)c1)NCC1(c2ccccc2)CCCC1.I. The first-order chi connectivity index (χ1) is 14.0. The Kier molecular flexibility index (Phi) is 9.11. The number of halogens is 1. The van der Waals surface area contributed by atoms with Crippen molar-refractivity contribution in [1.82, 2.24) is 15.4 Å². The van der Waals surface area contributed by atoms with E-state index in [2.05, 4.69) is 50.7 Å². The number of benzene rings is 2. The van der Waals surface area contributed by atoms with Crippen LogP contribution >= 0.6 is 24.0 Å². The lowest BCUT2D eigenvalue weighted by Crippen LogP contribution is -2.44. The zero-order chi connectivity index (χ0) is 20.7. The molecule has 164 valence electrons. The van der Waals surface area contributed by atoms with E-state index in [-0.39, 0.29) is 34.3 Å². The molecule has 1 aliphatic rings. The normalized spacial score (nSPS) is 16.0. The van der Waals surface area contributed by atoms with Crippen LogP contribution in [-0.2, 0) is 22.0 Å². The second kappa shape index (κ2) is 11.1. The van der Waals surface area contributed by atoms with Crippen molar-refractivity contribution in [1.29, 1.82) is 0 Å². The van der Waals surface area contributed by atoms with Gasteiger partial charge in [0, 0.05) is 25.6 Å². The van der Waals surface area contributed by atoms with E-state index >= 15 is 0 Å². The third-order valence-corrected chi connectivity index (χ3v) is 7.11. The summed E-state index contributed by atoms with van der Waals surface area (Å²) in [5.41, 5.74) is 2.40. The van der Waals surface area contributed by atoms with Crippen LogP contribution in [0.2, 0.25) is 0 Å². The molecule has 30 heavy (non-hydrogen) atoms. The Labute approximate surface area is 197 Å². The number of hydrogen-bond acceptors (Lipinski definition) is 3. The number of nitrogens with one attached hydrogen (secondary N) is 3. The lowest BCUT2D eigenvalue weighted by Gasteiger charge is -2.30. The number of sulfonamides is 1. The van der Waals surface area contributed by atoms with Gasteiger partial charge in [-0.3, -0.25) is 4.99 Å². The molecule has 1 fully saturated rings. The molecule has 0 spiro atoms. The molecular formula is C22H31IN4O2S. The van der Waals surface area contributed by atoms with E-state index in [9.17, 15) is 8.42 Å². The molecule has 0 radical (unpaired) electrons. The van der Waals surface area contributed by atoms with Crippen molar-refractivity contribution in [2.45, 2.75) is 42.5 Å². The third-order valence-electron chi connectivity index (χ3n) is 5.70. The van der Waals surface area contributed by atoms with Crippen LogP contribution in [0.1, 0.15) is 36.8 Å². The van der Waals surface area contributed by atoms with Gasteiger partial charge in [0.15, 0.2) is 5.96 Å². The van der Waals surface area contributed by atoms with E-state index < -0.39 is 10.0 Å². The Morgan fingerprint density at radius 1 is 1.03 bits per heavy atom. The smallest absolute Gasteiger partial charge is 0.240 e. The van der Waals surface area contributed by atoms with Gasteiger partial charge in [-0.1, -0.05) is 55.3 Å². The average molecular weight is 542 g/mol. The van der Waals surface area contributed by atoms with Crippen LogP contribution in [0, 0.1) is 0 Å². The van der Waals surface area contributed by atoms with E-state index in [0.717, 1.165) is 12.1 Å². The van der Waals surface area contributed by atoms with E-state index in [1.807, 2.05) is 6.07 Å². The van der Waals surface area contributed by atoms with Gasteiger partial charge in [-0.05, 0) is 43.1 Å². The molecule has 3 rings (SSSR count). The monoisotopic (exact) mass is 542 g/mol. The Bertz CT molecular complexity index is 943. The zero-order valence-electron chi connectivity index (χ0n) is 17.5. The summed E-state index contributed by atoms with van der Waals surface area (Å²) in [7, 11) is -0.283. The molecule has 0 amide bonds. The summed E-state index contributed by atoms with van der Waals surface area (Å²) in [6.07, 6.45) is 4.83. The van der Waals surface area contributed by atoms with Crippen LogP contribution in [-0.4, -0.2) is 35.0 Å². The summed E-state index contributed by atoms with van der Waals surface area (Å²) in [5.74, 6) is 0.717. The van der Waals surface area contributed by atoms with Crippen LogP contribution < -0.4 is 15.4 Å². The van der Waals surface area contributed by atoms with E-state index in [1.54, 1.807) is 25.2 Å². The van der Waals surface area contributed by atoms with Gasteiger partial charge in [0.2, 0.25) is 10.0 Å². The minimum atomic E-state index is -3.45. The van der Waals surface area contributed by atoms with Gasteiger partial charge >= 0.3 is 0 Å². The number of hydrogen-bond donors (Lipinski definition) is 3. The fraction of sp³-hybridized carbons (Fsp3) is 0.409. The molecule has 0 unspecified atom stereocenters. The molecule has 0 aromatic heterocycles. The van der Waals surface area contributed by atoms with Crippen molar-refractivity contribution in [2.24, 2.45) is 4.99 Å². The van der Waals surface area contributed by atoms with Gasteiger partial charge in [-0.25, -0.2) is 13.1 Å². The van der Waals surface area contributed by atoms with Crippen LogP contribution in [0.5, 0.6) is 0 Å². The molecule has 1 aliphatic carbocycles. The molecular weight excluding hydrogens is 511 g/mol. The highest BCUT2D eigenvalue weighted by molar-refractivity contribution is 14.0. The van der Waals surface area contributed by atoms with Crippen molar-refractivity contribution in [3.63, 3.8) is 0 Å². The first-order valence-corrected chi connectivity index (χ1v) is 11.5. The largest absolute Gasteiger partial charge is 0.356 e. The van der Waals surface area contributed by atoms with Crippen molar-refractivity contribution in [2.75, 3.05) is 20.6 Å². The number of guanidine groups is 1. The molecule has 0 bridgehead atoms. The van der Waals surface area contributed by atoms with Crippen LogP contribution in [0.3, 0.4) is 0 Å². The Morgan fingerprint density at radius 3 is 2.37 bits per heavy atom. The Balaban J connectivity index is 0.00000320. The van der Waals surface area contributed by atoms with E-state index in [1.165, 1.54) is 38.3 Å². The molecule has 0 saturated heterocycles. The van der Waals surface area contributed by atoms with Gasteiger partial charge < -0.3 is 10.6 Å². The van der Waals surface area contributed by atoms with Crippen molar-refractivity contribution < 1.29 is 8.42 Å². The fourth-order valence-electron chi connectivity index (χ4n) is 4.01. The summed E-state index contributed by atoms with van der Waals surface area (Å²) in [4.78, 5) is 4.60. The minimum absolute atomic E-state index is 0. The Hall–Kier alpha value is -1.65. The van der Waals surface area contributed by atoms with E-state index in [4.69, 9.17) is 0 Å². The van der Waals surface area contributed by atoms with Crippen LogP contribution in [0.25, 0.3) is 0 Å². The van der Waals surface area contributed by atoms with Crippen LogP contribution in [0.4, 0.5) is 0 Å². The minimum Gasteiger partial charge on any atom is -0.356 e. The standard InChI is InChI=1S/C22H30N4O2S.HI/c1-23-21(25-16-18-9-8-12-20(15-18)29(27,28)24-2)26-17-22(13-6-7-14-22)19-10-4-3-5-11-19;/h3-5,8-12,15,24H,6-7,13-14,16-17H2,1-2H3,(H2,23,25,26);1H. The maximum atomic E-state index is 12.0. The second-order valence-electron chi connectivity index (χ2n) is 7.49. The predicted octanol–water partition coefficient (Wildman–Crippen LogP) is 3.39. The quantitative estimate of drug-likeness (QED) is 0.285. The zero-order valence-corrected chi connectivity index (χ0v) is 20.7. The highest BCUT2D eigenvalue weighted by atomic mass is 127. The molecule has 0 atom stereocenters. The molecule has 8 heteroatoms. The van der Waals surface area contributed by atoms with Crippen molar-refractivity contribution in [3.05, 3.63) is 65.7 Å². The van der Waals surface area contributed by atoms with Gasteiger partial charge in [0.1, 0.15) is 0 Å².